The number of carbonyl (C=O) groups is 2. The molecule has 0 saturated heterocycles. The van der Waals surface area contributed by atoms with Crippen LogP contribution in [0.3, 0.4) is 0 Å². The molecule has 0 aromatic heterocycles. The van der Waals surface area contributed by atoms with Crippen molar-refractivity contribution < 1.29 is 9.59 Å². The number of rotatable bonds is 5. The fourth-order valence-corrected chi connectivity index (χ4v) is 4.98. The van der Waals surface area contributed by atoms with E-state index < -0.39 is 0 Å². The van der Waals surface area contributed by atoms with Gasteiger partial charge in [-0.15, -0.1) is 0 Å². The molecule has 0 radical (unpaired) electrons. The molecule has 0 aromatic rings. The second kappa shape index (κ2) is 6.68. The minimum absolute atomic E-state index is 0.0682. The zero-order valence-corrected chi connectivity index (χ0v) is 15.6. The Morgan fingerprint density at radius 1 is 0.917 bits per heavy atom. The lowest BCUT2D eigenvalue weighted by Gasteiger charge is -2.47. The Morgan fingerprint density at radius 3 is 2.04 bits per heavy atom. The highest BCUT2D eigenvalue weighted by Crippen LogP contribution is 2.46. The molecule has 0 spiro atoms. The van der Waals surface area contributed by atoms with E-state index >= 15 is 0 Å². The highest BCUT2D eigenvalue weighted by molar-refractivity contribution is 5.80. The van der Waals surface area contributed by atoms with Crippen molar-refractivity contribution in [3.05, 3.63) is 0 Å². The molecule has 3 rings (SSSR count). The standard InChI is InChI=1S/C20H34N2O2/c1-19(2)10-16(22-18(24)15-8-5-9-15)11-20(3,12-19)13-21-17(23)14-6-4-7-14/h14-16H,4-13H2,1-3H3,(H,21,23)(H,22,24)/t16-,20+/m1/s1. The van der Waals surface area contributed by atoms with Gasteiger partial charge in [0.2, 0.25) is 11.8 Å². The van der Waals surface area contributed by atoms with Gasteiger partial charge in [-0.05, 0) is 55.8 Å². The van der Waals surface area contributed by atoms with E-state index in [1.807, 2.05) is 0 Å². The molecule has 24 heavy (non-hydrogen) atoms. The first-order valence-electron chi connectivity index (χ1n) is 9.85. The van der Waals surface area contributed by atoms with E-state index in [1.54, 1.807) is 0 Å². The van der Waals surface area contributed by atoms with Gasteiger partial charge in [0, 0.05) is 24.4 Å². The van der Waals surface area contributed by atoms with Gasteiger partial charge in [0.1, 0.15) is 0 Å². The van der Waals surface area contributed by atoms with Crippen LogP contribution in [0.4, 0.5) is 0 Å². The van der Waals surface area contributed by atoms with Crippen LogP contribution < -0.4 is 10.6 Å². The number of amides is 2. The molecule has 4 nitrogen and oxygen atoms in total. The number of carbonyl (C=O) groups excluding carboxylic acids is 2. The first kappa shape index (κ1) is 17.8. The van der Waals surface area contributed by atoms with Crippen LogP contribution in [0.1, 0.15) is 78.6 Å². The van der Waals surface area contributed by atoms with Gasteiger partial charge in [0.15, 0.2) is 0 Å². The Balaban J connectivity index is 1.56. The van der Waals surface area contributed by atoms with Crippen molar-refractivity contribution in [1.82, 2.24) is 10.6 Å². The minimum atomic E-state index is 0.0682. The molecule has 3 aliphatic carbocycles. The van der Waals surface area contributed by atoms with Crippen molar-refractivity contribution >= 4 is 11.8 Å². The molecule has 0 unspecified atom stereocenters. The molecule has 3 saturated carbocycles. The van der Waals surface area contributed by atoms with Crippen LogP contribution in [0.5, 0.6) is 0 Å². The quantitative estimate of drug-likeness (QED) is 0.809. The first-order valence-corrected chi connectivity index (χ1v) is 9.85. The summed E-state index contributed by atoms with van der Waals surface area (Å²) in [5, 5.41) is 6.51. The number of hydrogen-bond acceptors (Lipinski definition) is 2. The Labute approximate surface area is 146 Å². The van der Waals surface area contributed by atoms with E-state index in [2.05, 4.69) is 31.4 Å². The van der Waals surface area contributed by atoms with Gasteiger partial charge in [-0.3, -0.25) is 9.59 Å². The highest BCUT2D eigenvalue weighted by atomic mass is 16.2. The third-order valence-electron chi connectivity index (χ3n) is 6.43. The second-order valence-electron chi connectivity index (χ2n) is 9.74. The van der Waals surface area contributed by atoms with Gasteiger partial charge in [-0.2, -0.15) is 0 Å². The smallest absolute Gasteiger partial charge is 0.223 e. The van der Waals surface area contributed by atoms with Crippen LogP contribution >= 0.6 is 0 Å². The molecule has 0 heterocycles. The SMILES string of the molecule is CC1(C)C[C@@H](NC(=O)C2CCC2)C[C@](C)(CNC(=O)C2CCC2)C1. The van der Waals surface area contributed by atoms with E-state index in [0.29, 0.717) is 0 Å². The summed E-state index contributed by atoms with van der Waals surface area (Å²) in [5.74, 6) is 0.990. The van der Waals surface area contributed by atoms with Crippen molar-refractivity contribution in [3.63, 3.8) is 0 Å². The van der Waals surface area contributed by atoms with Gasteiger partial charge < -0.3 is 10.6 Å². The summed E-state index contributed by atoms with van der Waals surface area (Å²) in [5.41, 5.74) is 0.268. The molecule has 3 aliphatic rings. The van der Waals surface area contributed by atoms with E-state index in [-0.39, 0.29) is 40.5 Å². The topological polar surface area (TPSA) is 58.2 Å². The maximum atomic E-state index is 12.3. The Bertz CT molecular complexity index is 494. The zero-order chi connectivity index (χ0) is 17.4. The molecule has 0 bridgehead atoms. The van der Waals surface area contributed by atoms with Crippen LogP contribution in [0, 0.1) is 22.7 Å². The number of hydrogen-bond donors (Lipinski definition) is 2. The van der Waals surface area contributed by atoms with Crippen LogP contribution in [-0.4, -0.2) is 24.4 Å². The summed E-state index contributed by atoms with van der Waals surface area (Å²) in [4.78, 5) is 24.5. The third kappa shape index (κ3) is 4.12. The zero-order valence-electron chi connectivity index (χ0n) is 15.6. The van der Waals surface area contributed by atoms with Gasteiger partial charge >= 0.3 is 0 Å². The van der Waals surface area contributed by atoms with Gasteiger partial charge in [0.05, 0.1) is 0 Å². The average Bonchev–Trinajstić information content (AvgIpc) is 2.29. The lowest BCUT2D eigenvalue weighted by atomic mass is 9.62. The molecule has 0 aromatic carbocycles. The summed E-state index contributed by atoms with van der Waals surface area (Å²) >= 11 is 0. The first-order chi connectivity index (χ1) is 11.3. The average molecular weight is 335 g/mol. The molecule has 2 amide bonds. The van der Waals surface area contributed by atoms with E-state index in [1.165, 1.54) is 12.8 Å². The molecule has 136 valence electrons. The second-order valence-corrected chi connectivity index (χ2v) is 9.74. The molecule has 2 N–H and O–H groups in total. The largest absolute Gasteiger partial charge is 0.355 e. The summed E-state index contributed by atoms with van der Waals surface area (Å²) < 4.78 is 0. The normalized spacial score (nSPS) is 33.2. The monoisotopic (exact) mass is 334 g/mol. The summed E-state index contributed by atoms with van der Waals surface area (Å²) in [6.07, 6.45) is 9.70. The van der Waals surface area contributed by atoms with Crippen molar-refractivity contribution in [2.75, 3.05) is 6.54 Å². The van der Waals surface area contributed by atoms with Gasteiger partial charge in [-0.1, -0.05) is 33.6 Å². The Morgan fingerprint density at radius 2 is 1.50 bits per heavy atom. The molecular weight excluding hydrogens is 300 g/mol. The fraction of sp³-hybridized carbons (Fsp3) is 0.900. The van der Waals surface area contributed by atoms with Gasteiger partial charge in [-0.25, -0.2) is 0 Å². The highest BCUT2D eigenvalue weighted by Gasteiger charge is 2.42. The molecule has 0 aliphatic heterocycles. The van der Waals surface area contributed by atoms with Crippen LogP contribution in [0.2, 0.25) is 0 Å². The summed E-state index contributed by atoms with van der Waals surface area (Å²) in [6, 6.07) is 0.243. The minimum Gasteiger partial charge on any atom is -0.355 e. The summed E-state index contributed by atoms with van der Waals surface area (Å²) in [6.45, 7) is 7.60. The van der Waals surface area contributed by atoms with E-state index in [0.717, 1.165) is 51.5 Å². The Hall–Kier alpha value is -1.06. The molecular formula is C20H34N2O2. The Kier molecular flexibility index (Phi) is 4.94. The lowest BCUT2D eigenvalue weighted by Crippen LogP contribution is -2.52. The number of nitrogens with one attached hydrogen (secondary N) is 2. The molecule has 2 atom stereocenters. The van der Waals surface area contributed by atoms with Crippen molar-refractivity contribution in [3.8, 4) is 0 Å². The third-order valence-corrected chi connectivity index (χ3v) is 6.43. The van der Waals surface area contributed by atoms with E-state index in [4.69, 9.17) is 0 Å². The molecule has 4 heteroatoms. The van der Waals surface area contributed by atoms with Crippen molar-refractivity contribution in [2.24, 2.45) is 22.7 Å². The van der Waals surface area contributed by atoms with Crippen LogP contribution in [0.15, 0.2) is 0 Å². The van der Waals surface area contributed by atoms with Gasteiger partial charge in [0.25, 0.3) is 0 Å². The van der Waals surface area contributed by atoms with Crippen LogP contribution in [-0.2, 0) is 9.59 Å². The molecule has 3 fully saturated rings. The summed E-state index contributed by atoms with van der Waals surface area (Å²) in [7, 11) is 0. The maximum Gasteiger partial charge on any atom is 0.223 e. The van der Waals surface area contributed by atoms with Crippen molar-refractivity contribution in [2.45, 2.75) is 84.6 Å². The fourth-order valence-electron chi connectivity index (χ4n) is 4.98. The predicted molar refractivity (Wildman–Crippen MR) is 95.4 cm³/mol. The lowest BCUT2D eigenvalue weighted by molar-refractivity contribution is -0.130. The maximum absolute atomic E-state index is 12.3. The van der Waals surface area contributed by atoms with Crippen molar-refractivity contribution in [1.29, 1.82) is 0 Å². The van der Waals surface area contributed by atoms with Crippen LogP contribution in [0.25, 0.3) is 0 Å². The van der Waals surface area contributed by atoms with E-state index in [9.17, 15) is 9.59 Å². The predicted octanol–water partition coefficient (Wildman–Crippen LogP) is 3.40.